The Kier molecular flexibility index (Phi) is 5.32. The van der Waals surface area contributed by atoms with Gasteiger partial charge in [0.05, 0.1) is 13.2 Å². The van der Waals surface area contributed by atoms with Crippen LogP contribution < -0.4 is 0 Å². The number of aryl methyl sites for hydroxylation is 2. The number of hydrogen-bond donors (Lipinski definition) is 0. The third-order valence-corrected chi connectivity index (χ3v) is 4.07. The molecule has 0 bridgehead atoms. The Labute approximate surface area is 121 Å². The van der Waals surface area contributed by atoms with Gasteiger partial charge >= 0.3 is 0 Å². The molecular weight excluding hydrogens is 250 g/mol. The topological polar surface area (TPSA) is 29.5 Å². The van der Waals surface area contributed by atoms with Crippen LogP contribution in [0.15, 0.2) is 18.2 Å². The van der Waals surface area contributed by atoms with Crippen molar-refractivity contribution in [1.29, 1.82) is 0 Å². The summed E-state index contributed by atoms with van der Waals surface area (Å²) in [5.74, 6) is 0.810. The Hall–Kier alpha value is -1.19. The number of carbonyl (C=O) groups excluding carboxylic acids is 1. The first-order chi connectivity index (χ1) is 9.60. The zero-order valence-corrected chi connectivity index (χ0v) is 12.8. The van der Waals surface area contributed by atoms with Crippen molar-refractivity contribution in [1.82, 2.24) is 4.90 Å². The molecule has 0 aliphatic carbocycles. The fraction of sp³-hybridized carbons (Fsp3) is 0.588. The Morgan fingerprint density at radius 2 is 2.20 bits per heavy atom. The number of piperidine rings is 1. The van der Waals surface area contributed by atoms with Gasteiger partial charge in [0.2, 0.25) is 0 Å². The number of methoxy groups -OCH3 is 1. The number of nitrogens with zero attached hydrogens (tertiary/aromatic N) is 1. The first-order valence-corrected chi connectivity index (χ1v) is 7.42. The second-order valence-corrected chi connectivity index (χ2v) is 5.94. The maximum Gasteiger partial charge on any atom is 0.177 e. The summed E-state index contributed by atoms with van der Waals surface area (Å²) in [5.41, 5.74) is 3.10. The molecule has 110 valence electrons. The highest BCUT2D eigenvalue weighted by Gasteiger charge is 2.22. The molecule has 1 aliphatic rings. The maximum absolute atomic E-state index is 12.5. The molecule has 20 heavy (non-hydrogen) atoms. The van der Waals surface area contributed by atoms with Crippen molar-refractivity contribution in [2.75, 3.05) is 33.4 Å². The maximum atomic E-state index is 12.5. The molecule has 1 heterocycles. The molecule has 1 aromatic rings. The van der Waals surface area contributed by atoms with Crippen LogP contribution in [0.4, 0.5) is 0 Å². The standard InChI is InChI=1S/C17H25NO2/c1-13-6-7-14(2)16(9-13)17(19)11-18-8-4-5-15(10-18)12-20-3/h6-7,9,15H,4-5,8,10-12H2,1-3H3. The molecule has 3 nitrogen and oxygen atoms in total. The summed E-state index contributed by atoms with van der Waals surface area (Å²) in [6.45, 7) is 7.38. The number of likely N-dealkylation sites (tertiary alicyclic amines) is 1. The zero-order chi connectivity index (χ0) is 14.5. The van der Waals surface area contributed by atoms with Gasteiger partial charge in [0.1, 0.15) is 0 Å². The summed E-state index contributed by atoms with van der Waals surface area (Å²) in [5, 5.41) is 0. The van der Waals surface area contributed by atoms with Crippen molar-refractivity contribution in [3.05, 3.63) is 34.9 Å². The fourth-order valence-electron chi connectivity index (χ4n) is 2.99. The van der Waals surface area contributed by atoms with Gasteiger partial charge in [-0.15, -0.1) is 0 Å². The van der Waals surface area contributed by atoms with Crippen molar-refractivity contribution in [3.8, 4) is 0 Å². The van der Waals surface area contributed by atoms with E-state index in [9.17, 15) is 4.79 Å². The molecule has 0 aromatic heterocycles. The van der Waals surface area contributed by atoms with Crippen molar-refractivity contribution in [2.45, 2.75) is 26.7 Å². The van der Waals surface area contributed by atoms with Crippen LogP contribution in [0.1, 0.15) is 34.3 Å². The number of hydrogen-bond acceptors (Lipinski definition) is 3. The Bertz CT molecular complexity index is 468. The lowest BCUT2D eigenvalue weighted by atomic mass is 9.97. The molecule has 1 aliphatic heterocycles. The molecular formula is C17H25NO2. The monoisotopic (exact) mass is 275 g/mol. The highest BCUT2D eigenvalue weighted by molar-refractivity contribution is 5.99. The predicted octanol–water partition coefficient (Wildman–Crippen LogP) is 2.84. The van der Waals surface area contributed by atoms with E-state index in [1.807, 2.05) is 26.0 Å². The minimum atomic E-state index is 0.240. The van der Waals surface area contributed by atoms with E-state index >= 15 is 0 Å². The smallest absolute Gasteiger partial charge is 0.177 e. The van der Waals surface area contributed by atoms with Crippen LogP contribution in [-0.2, 0) is 4.74 Å². The molecule has 0 N–H and O–H groups in total. The number of benzene rings is 1. The van der Waals surface area contributed by atoms with E-state index in [-0.39, 0.29) is 5.78 Å². The van der Waals surface area contributed by atoms with Crippen LogP contribution in [0, 0.1) is 19.8 Å². The molecule has 0 saturated carbocycles. The third-order valence-electron chi connectivity index (χ3n) is 4.07. The van der Waals surface area contributed by atoms with Crippen LogP contribution in [0.25, 0.3) is 0 Å². The van der Waals surface area contributed by atoms with E-state index in [1.54, 1.807) is 7.11 Å². The Morgan fingerprint density at radius 3 is 2.95 bits per heavy atom. The average Bonchev–Trinajstić information content (AvgIpc) is 2.42. The number of rotatable bonds is 5. The fourth-order valence-corrected chi connectivity index (χ4v) is 2.99. The normalized spacial score (nSPS) is 20.1. The molecule has 1 saturated heterocycles. The number of Topliss-reactive ketones (excluding diaryl/α,β-unsaturated/α-hetero) is 1. The molecule has 0 radical (unpaired) electrons. The Balaban J connectivity index is 1.98. The average molecular weight is 275 g/mol. The summed E-state index contributed by atoms with van der Waals surface area (Å²) in [7, 11) is 1.75. The molecule has 0 spiro atoms. The number of ketones is 1. The zero-order valence-electron chi connectivity index (χ0n) is 12.8. The van der Waals surface area contributed by atoms with Gasteiger partial charge in [0.15, 0.2) is 5.78 Å². The number of ether oxygens (including phenoxy) is 1. The molecule has 1 fully saturated rings. The largest absolute Gasteiger partial charge is 0.384 e. The summed E-state index contributed by atoms with van der Waals surface area (Å²) in [6.07, 6.45) is 2.37. The second kappa shape index (κ2) is 7.00. The Morgan fingerprint density at radius 1 is 1.40 bits per heavy atom. The van der Waals surface area contributed by atoms with E-state index in [4.69, 9.17) is 4.74 Å². The lowest BCUT2D eigenvalue weighted by Crippen LogP contribution is -2.40. The molecule has 3 heteroatoms. The quantitative estimate of drug-likeness (QED) is 0.774. The van der Waals surface area contributed by atoms with E-state index in [2.05, 4.69) is 11.0 Å². The molecule has 2 rings (SSSR count). The highest BCUT2D eigenvalue weighted by Crippen LogP contribution is 2.18. The van der Waals surface area contributed by atoms with Crippen molar-refractivity contribution < 1.29 is 9.53 Å². The van der Waals surface area contributed by atoms with Crippen LogP contribution in [-0.4, -0.2) is 44.0 Å². The second-order valence-electron chi connectivity index (χ2n) is 5.94. The minimum absolute atomic E-state index is 0.240. The van der Waals surface area contributed by atoms with Crippen molar-refractivity contribution in [2.24, 2.45) is 5.92 Å². The lowest BCUT2D eigenvalue weighted by molar-refractivity contribution is 0.0757. The first-order valence-electron chi connectivity index (χ1n) is 7.42. The molecule has 1 unspecified atom stereocenters. The number of carbonyl (C=O) groups is 1. The highest BCUT2D eigenvalue weighted by atomic mass is 16.5. The van der Waals surface area contributed by atoms with E-state index in [0.29, 0.717) is 12.5 Å². The van der Waals surface area contributed by atoms with E-state index < -0.39 is 0 Å². The predicted molar refractivity (Wildman–Crippen MR) is 81.3 cm³/mol. The van der Waals surface area contributed by atoms with Crippen molar-refractivity contribution >= 4 is 5.78 Å². The van der Waals surface area contributed by atoms with Crippen molar-refractivity contribution in [3.63, 3.8) is 0 Å². The van der Waals surface area contributed by atoms with Gasteiger partial charge in [-0.1, -0.05) is 17.7 Å². The minimum Gasteiger partial charge on any atom is -0.384 e. The summed E-state index contributed by atoms with van der Waals surface area (Å²) >= 11 is 0. The van der Waals surface area contributed by atoms with E-state index in [0.717, 1.165) is 42.8 Å². The van der Waals surface area contributed by atoms with Gasteiger partial charge < -0.3 is 4.74 Å². The lowest BCUT2D eigenvalue weighted by Gasteiger charge is -2.31. The van der Waals surface area contributed by atoms with E-state index in [1.165, 1.54) is 6.42 Å². The van der Waals surface area contributed by atoms with Gasteiger partial charge in [0.25, 0.3) is 0 Å². The van der Waals surface area contributed by atoms with Crippen LogP contribution in [0.2, 0.25) is 0 Å². The third kappa shape index (κ3) is 3.90. The van der Waals surface area contributed by atoms with Gasteiger partial charge in [-0.3, -0.25) is 9.69 Å². The van der Waals surface area contributed by atoms with Gasteiger partial charge in [-0.2, -0.15) is 0 Å². The summed E-state index contributed by atoms with van der Waals surface area (Å²) in [6, 6.07) is 6.10. The van der Waals surface area contributed by atoms with Crippen LogP contribution >= 0.6 is 0 Å². The van der Waals surface area contributed by atoms with Crippen LogP contribution in [0.5, 0.6) is 0 Å². The van der Waals surface area contributed by atoms with Gasteiger partial charge in [-0.05, 0) is 50.8 Å². The summed E-state index contributed by atoms with van der Waals surface area (Å²) < 4.78 is 5.24. The summed E-state index contributed by atoms with van der Waals surface area (Å²) in [4.78, 5) is 14.8. The van der Waals surface area contributed by atoms with Gasteiger partial charge in [0, 0.05) is 19.2 Å². The molecule has 0 amide bonds. The molecule has 1 atom stereocenters. The first kappa shape index (κ1) is 15.2. The SMILES string of the molecule is COCC1CCCN(CC(=O)c2cc(C)ccc2C)C1. The molecule has 1 aromatic carbocycles. The van der Waals surface area contributed by atoms with Gasteiger partial charge in [-0.25, -0.2) is 0 Å². The van der Waals surface area contributed by atoms with Crippen LogP contribution in [0.3, 0.4) is 0 Å².